The zero-order valence-corrected chi connectivity index (χ0v) is 8.57. The van der Waals surface area contributed by atoms with Crippen molar-refractivity contribution in [1.29, 1.82) is 0 Å². The maximum atomic E-state index is 6.02. The molecule has 0 saturated carbocycles. The number of nitrogens with zero attached hydrogens (tertiary/aromatic N) is 3. The maximum absolute atomic E-state index is 6.02. The highest BCUT2D eigenvalue weighted by Gasteiger charge is 2.13. The third-order valence-corrected chi connectivity index (χ3v) is 2.48. The summed E-state index contributed by atoms with van der Waals surface area (Å²) in [5.74, 6) is 0.657. The Kier molecular flexibility index (Phi) is 3.42. The molecule has 0 radical (unpaired) electrons. The second-order valence-electron chi connectivity index (χ2n) is 3.64. The molecule has 4 nitrogen and oxygen atoms in total. The van der Waals surface area contributed by atoms with E-state index in [1.54, 1.807) is 10.9 Å². The van der Waals surface area contributed by atoms with Crippen molar-refractivity contribution in [3.05, 3.63) is 11.9 Å². The molecule has 0 spiro atoms. The van der Waals surface area contributed by atoms with Crippen LogP contribution in [-0.2, 0) is 7.05 Å². The van der Waals surface area contributed by atoms with Crippen LogP contribution in [0.25, 0.3) is 0 Å². The molecule has 1 heterocycles. The predicted octanol–water partition coefficient (Wildman–Crippen LogP) is 1.25. The van der Waals surface area contributed by atoms with Gasteiger partial charge in [0.1, 0.15) is 0 Å². The second kappa shape index (κ2) is 4.37. The first-order chi connectivity index (χ1) is 6.15. The van der Waals surface area contributed by atoms with Gasteiger partial charge in [-0.15, -0.1) is 5.10 Å². The lowest BCUT2D eigenvalue weighted by atomic mass is 9.98. The highest BCUT2D eigenvalue weighted by molar-refractivity contribution is 5.00. The Hall–Kier alpha value is -0.900. The number of aromatic nitrogens is 3. The molecular formula is C9H18N4. The molecule has 1 rings (SSSR count). The normalized spacial score (nSPS) is 15.7. The van der Waals surface area contributed by atoms with Gasteiger partial charge in [-0.2, -0.15) is 0 Å². The highest BCUT2D eigenvalue weighted by atomic mass is 15.4. The molecule has 0 amide bonds. The minimum atomic E-state index is 0.0648. The molecule has 13 heavy (non-hydrogen) atoms. The van der Waals surface area contributed by atoms with Gasteiger partial charge in [0.05, 0.1) is 11.9 Å². The Bertz CT molecular complexity index is 256. The van der Waals surface area contributed by atoms with Crippen molar-refractivity contribution >= 4 is 0 Å². The number of hydrogen-bond acceptors (Lipinski definition) is 3. The molecule has 0 bridgehead atoms. The van der Waals surface area contributed by atoms with E-state index in [2.05, 4.69) is 24.2 Å². The van der Waals surface area contributed by atoms with E-state index in [0.29, 0.717) is 5.92 Å². The summed E-state index contributed by atoms with van der Waals surface area (Å²) in [7, 11) is 1.87. The molecule has 4 heteroatoms. The van der Waals surface area contributed by atoms with Crippen LogP contribution in [0.2, 0.25) is 0 Å². The maximum Gasteiger partial charge on any atom is 0.0751 e. The first-order valence-electron chi connectivity index (χ1n) is 4.75. The second-order valence-corrected chi connectivity index (χ2v) is 3.64. The molecule has 2 unspecified atom stereocenters. The van der Waals surface area contributed by atoms with Crippen LogP contribution in [-0.4, -0.2) is 15.0 Å². The largest absolute Gasteiger partial charge is 0.323 e. The third-order valence-electron chi connectivity index (χ3n) is 2.48. The lowest BCUT2D eigenvalue weighted by Gasteiger charge is -2.15. The van der Waals surface area contributed by atoms with E-state index in [-0.39, 0.29) is 6.04 Å². The SMILES string of the molecule is CCC(C)CC(N)c1cnnn1C. The Morgan fingerprint density at radius 2 is 2.31 bits per heavy atom. The van der Waals surface area contributed by atoms with Crippen LogP contribution < -0.4 is 5.73 Å². The van der Waals surface area contributed by atoms with Gasteiger partial charge in [0, 0.05) is 13.1 Å². The Morgan fingerprint density at radius 3 is 2.77 bits per heavy atom. The first kappa shape index (κ1) is 10.2. The standard InChI is InChI=1S/C9H18N4/c1-4-7(2)5-8(10)9-6-11-12-13(9)3/h6-8H,4-5,10H2,1-3H3. The van der Waals surface area contributed by atoms with Gasteiger partial charge in [0.15, 0.2) is 0 Å². The average Bonchev–Trinajstić information content (AvgIpc) is 2.51. The van der Waals surface area contributed by atoms with Gasteiger partial charge in [-0.3, -0.25) is 4.68 Å². The van der Waals surface area contributed by atoms with Crippen LogP contribution >= 0.6 is 0 Å². The molecule has 1 aromatic rings. The molecule has 0 aliphatic heterocycles. The van der Waals surface area contributed by atoms with Gasteiger partial charge in [-0.25, -0.2) is 0 Å². The Balaban J connectivity index is 2.58. The number of aryl methyl sites for hydroxylation is 1. The fourth-order valence-corrected chi connectivity index (χ4v) is 1.35. The molecule has 1 aromatic heterocycles. The first-order valence-corrected chi connectivity index (χ1v) is 4.75. The molecule has 0 saturated heterocycles. The smallest absolute Gasteiger partial charge is 0.0751 e. The average molecular weight is 182 g/mol. The van der Waals surface area contributed by atoms with Gasteiger partial charge >= 0.3 is 0 Å². The molecule has 0 aliphatic carbocycles. The fourth-order valence-electron chi connectivity index (χ4n) is 1.35. The van der Waals surface area contributed by atoms with Crippen molar-refractivity contribution < 1.29 is 0 Å². The monoisotopic (exact) mass is 182 g/mol. The van der Waals surface area contributed by atoms with Crippen molar-refractivity contribution in [2.24, 2.45) is 18.7 Å². The summed E-state index contributed by atoms with van der Waals surface area (Å²) in [5, 5.41) is 7.67. The minimum absolute atomic E-state index is 0.0648. The van der Waals surface area contributed by atoms with Gasteiger partial charge in [0.25, 0.3) is 0 Å². The summed E-state index contributed by atoms with van der Waals surface area (Å²) < 4.78 is 1.74. The fraction of sp³-hybridized carbons (Fsp3) is 0.778. The van der Waals surface area contributed by atoms with Crippen LogP contribution in [0, 0.1) is 5.92 Å². The van der Waals surface area contributed by atoms with Crippen LogP contribution in [0.5, 0.6) is 0 Å². The third kappa shape index (κ3) is 2.52. The number of rotatable bonds is 4. The van der Waals surface area contributed by atoms with Crippen molar-refractivity contribution in [3.63, 3.8) is 0 Å². The highest BCUT2D eigenvalue weighted by Crippen LogP contribution is 2.18. The molecule has 2 N–H and O–H groups in total. The summed E-state index contributed by atoms with van der Waals surface area (Å²) in [6, 6.07) is 0.0648. The van der Waals surface area contributed by atoms with E-state index in [1.165, 1.54) is 6.42 Å². The lowest BCUT2D eigenvalue weighted by Crippen LogP contribution is -2.17. The zero-order valence-electron chi connectivity index (χ0n) is 8.57. The Morgan fingerprint density at radius 1 is 1.62 bits per heavy atom. The van der Waals surface area contributed by atoms with Crippen molar-refractivity contribution in [1.82, 2.24) is 15.0 Å². The lowest BCUT2D eigenvalue weighted by molar-refractivity contribution is 0.445. The molecule has 0 aromatic carbocycles. The minimum Gasteiger partial charge on any atom is -0.323 e. The van der Waals surface area contributed by atoms with Crippen molar-refractivity contribution in [2.75, 3.05) is 0 Å². The number of nitrogens with two attached hydrogens (primary N) is 1. The van der Waals surface area contributed by atoms with E-state index >= 15 is 0 Å². The summed E-state index contributed by atoms with van der Waals surface area (Å²) >= 11 is 0. The van der Waals surface area contributed by atoms with Gasteiger partial charge in [0.2, 0.25) is 0 Å². The van der Waals surface area contributed by atoms with Crippen LogP contribution in [0.3, 0.4) is 0 Å². The predicted molar refractivity (Wildman–Crippen MR) is 52.0 cm³/mol. The summed E-state index contributed by atoms with van der Waals surface area (Å²) in [6.07, 6.45) is 3.91. The van der Waals surface area contributed by atoms with Crippen LogP contribution in [0.4, 0.5) is 0 Å². The van der Waals surface area contributed by atoms with Crippen LogP contribution in [0.15, 0.2) is 6.20 Å². The van der Waals surface area contributed by atoms with E-state index in [4.69, 9.17) is 5.73 Å². The van der Waals surface area contributed by atoms with Gasteiger partial charge in [-0.1, -0.05) is 25.5 Å². The summed E-state index contributed by atoms with van der Waals surface area (Å²) in [6.45, 7) is 4.39. The number of hydrogen-bond donors (Lipinski definition) is 1. The quantitative estimate of drug-likeness (QED) is 0.762. The molecule has 74 valence electrons. The zero-order chi connectivity index (χ0) is 9.84. The molecule has 0 fully saturated rings. The topological polar surface area (TPSA) is 56.7 Å². The van der Waals surface area contributed by atoms with E-state index in [0.717, 1.165) is 12.1 Å². The van der Waals surface area contributed by atoms with Gasteiger partial charge in [-0.05, 0) is 12.3 Å². The van der Waals surface area contributed by atoms with Gasteiger partial charge < -0.3 is 5.73 Å². The summed E-state index contributed by atoms with van der Waals surface area (Å²) in [5.41, 5.74) is 7.03. The van der Waals surface area contributed by atoms with E-state index < -0.39 is 0 Å². The molecule has 0 aliphatic rings. The Labute approximate surface area is 79.1 Å². The summed E-state index contributed by atoms with van der Waals surface area (Å²) in [4.78, 5) is 0. The molecule has 2 atom stereocenters. The van der Waals surface area contributed by atoms with E-state index in [1.807, 2.05) is 7.05 Å². The molecular weight excluding hydrogens is 164 g/mol. The van der Waals surface area contributed by atoms with E-state index in [9.17, 15) is 0 Å². The van der Waals surface area contributed by atoms with Crippen molar-refractivity contribution in [3.8, 4) is 0 Å². The van der Waals surface area contributed by atoms with Crippen LogP contribution in [0.1, 0.15) is 38.4 Å². The van der Waals surface area contributed by atoms with Crippen molar-refractivity contribution in [2.45, 2.75) is 32.7 Å².